The van der Waals surface area contributed by atoms with Crippen LogP contribution in [0.15, 0.2) is 42.5 Å². The molecule has 1 saturated heterocycles. The number of benzene rings is 2. The zero-order chi connectivity index (χ0) is 25.1. The number of nitrogens with zero attached hydrogens (tertiary/aromatic N) is 2. The van der Waals surface area contributed by atoms with Crippen LogP contribution in [0.3, 0.4) is 0 Å². The predicted molar refractivity (Wildman–Crippen MR) is 127 cm³/mol. The van der Waals surface area contributed by atoms with Crippen molar-refractivity contribution in [3.8, 4) is 0 Å². The second kappa shape index (κ2) is 10.2. The van der Waals surface area contributed by atoms with Crippen LogP contribution in [0, 0.1) is 5.41 Å². The normalized spacial score (nSPS) is 18.7. The molecule has 0 saturated carbocycles. The van der Waals surface area contributed by atoms with Gasteiger partial charge < -0.3 is 35.8 Å². The van der Waals surface area contributed by atoms with Crippen molar-refractivity contribution in [3.63, 3.8) is 0 Å². The van der Waals surface area contributed by atoms with Crippen molar-refractivity contribution >= 4 is 34.9 Å². The molecule has 0 bridgehead atoms. The topological polar surface area (TPSA) is 169 Å². The van der Waals surface area contributed by atoms with Crippen molar-refractivity contribution in [2.45, 2.75) is 25.2 Å². The molecule has 2 aromatic rings. The molecule has 4 rings (SSSR count). The van der Waals surface area contributed by atoms with Crippen LogP contribution < -0.4 is 16.0 Å². The number of aliphatic hydroxyl groups is 2. The van der Waals surface area contributed by atoms with Crippen LogP contribution in [0.4, 0.5) is 11.4 Å². The Morgan fingerprint density at radius 1 is 1.20 bits per heavy atom. The number of fused-ring (bicyclic) bond motifs is 1. The Labute approximate surface area is 201 Å². The molecule has 0 spiro atoms. The van der Waals surface area contributed by atoms with E-state index in [1.807, 2.05) is 6.07 Å². The summed E-state index contributed by atoms with van der Waals surface area (Å²) < 4.78 is 5.45. The first-order valence-corrected chi connectivity index (χ1v) is 11.2. The number of amidine groups is 1. The fourth-order valence-electron chi connectivity index (χ4n) is 4.17. The highest BCUT2D eigenvalue weighted by Crippen LogP contribution is 2.27. The van der Waals surface area contributed by atoms with Gasteiger partial charge in [0.1, 0.15) is 5.84 Å². The van der Waals surface area contributed by atoms with Crippen LogP contribution in [0.2, 0.25) is 0 Å². The number of anilines is 2. The number of morpholine rings is 1. The first-order chi connectivity index (χ1) is 16.8. The summed E-state index contributed by atoms with van der Waals surface area (Å²) >= 11 is 0. The number of carbonyl (C=O) groups excluding carboxylic acids is 3. The molecular weight excluding hydrogens is 454 g/mol. The fraction of sp³-hybridized carbons (Fsp3) is 0.333. The number of aliphatic hydroxyl groups excluding tert-OH is 2. The van der Waals surface area contributed by atoms with Crippen LogP contribution in [0.25, 0.3) is 0 Å². The van der Waals surface area contributed by atoms with Crippen LogP contribution in [0.5, 0.6) is 0 Å². The number of rotatable bonds is 7. The first kappa shape index (κ1) is 24.3. The Balaban J connectivity index is 1.45. The van der Waals surface area contributed by atoms with E-state index in [2.05, 4.69) is 5.32 Å². The Kier molecular flexibility index (Phi) is 7.10. The quantitative estimate of drug-likeness (QED) is 0.264. The molecule has 2 aliphatic heterocycles. The molecule has 0 aliphatic carbocycles. The summed E-state index contributed by atoms with van der Waals surface area (Å²) in [6.45, 7) is 0.905. The average molecular weight is 482 g/mol. The molecule has 1 fully saturated rings. The summed E-state index contributed by atoms with van der Waals surface area (Å²) in [5, 5.41) is 29.7. The number of nitrogens with two attached hydrogens (primary N) is 1. The molecule has 35 heavy (non-hydrogen) atoms. The van der Waals surface area contributed by atoms with Gasteiger partial charge in [-0.05, 0) is 47.5 Å². The minimum absolute atomic E-state index is 0.0988. The molecule has 2 aliphatic rings. The van der Waals surface area contributed by atoms with Gasteiger partial charge in [-0.3, -0.25) is 19.8 Å². The van der Waals surface area contributed by atoms with E-state index >= 15 is 0 Å². The lowest BCUT2D eigenvalue weighted by Gasteiger charge is -2.35. The highest BCUT2D eigenvalue weighted by Gasteiger charge is 2.39. The summed E-state index contributed by atoms with van der Waals surface area (Å²) in [6.07, 6.45) is -2.97. The van der Waals surface area contributed by atoms with E-state index < -0.39 is 24.0 Å². The SMILES string of the molecule is N=C(N)c1ccc(NC(=O)[C@H](O)C2OCCN(c3ccc4c(c3)CC(=O)N(CCO)C4)C2=O)cc1. The molecule has 184 valence electrons. The smallest absolute Gasteiger partial charge is 0.259 e. The number of hydrogen-bond acceptors (Lipinski definition) is 7. The molecule has 0 aromatic heterocycles. The van der Waals surface area contributed by atoms with E-state index in [1.54, 1.807) is 29.2 Å². The monoisotopic (exact) mass is 481 g/mol. The van der Waals surface area contributed by atoms with Gasteiger partial charge in [-0.2, -0.15) is 0 Å². The van der Waals surface area contributed by atoms with Gasteiger partial charge >= 0.3 is 0 Å². The lowest BCUT2D eigenvalue weighted by Crippen LogP contribution is -2.55. The highest BCUT2D eigenvalue weighted by molar-refractivity contribution is 6.04. The van der Waals surface area contributed by atoms with Gasteiger partial charge in [0.2, 0.25) is 5.91 Å². The standard InChI is InChI=1S/C24H27N5O6/c25-22(26)14-1-4-17(5-2-14)27-23(33)20(32)21-24(34)29(8-10-35-21)18-6-3-15-13-28(7-9-30)19(31)12-16(15)11-18/h1-6,11,20-21,30,32H,7-10,12-13H2,(H3,25,26)(H,27,33)/t20-,21?/m1/s1. The highest BCUT2D eigenvalue weighted by atomic mass is 16.5. The number of ether oxygens (including phenoxy) is 1. The van der Waals surface area contributed by atoms with Crippen molar-refractivity contribution in [2.75, 3.05) is 36.5 Å². The van der Waals surface area contributed by atoms with Gasteiger partial charge in [0.15, 0.2) is 12.2 Å². The zero-order valence-corrected chi connectivity index (χ0v) is 18.9. The molecule has 2 aromatic carbocycles. The van der Waals surface area contributed by atoms with Gasteiger partial charge in [0, 0.05) is 36.6 Å². The third kappa shape index (κ3) is 5.16. The maximum Gasteiger partial charge on any atom is 0.259 e. The molecule has 0 radical (unpaired) electrons. The van der Waals surface area contributed by atoms with Gasteiger partial charge in [-0.15, -0.1) is 0 Å². The molecule has 11 heteroatoms. The van der Waals surface area contributed by atoms with Crippen molar-refractivity contribution in [1.82, 2.24) is 4.90 Å². The van der Waals surface area contributed by atoms with E-state index in [1.165, 1.54) is 17.0 Å². The molecular formula is C24H27N5O6. The third-order valence-corrected chi connectivity index (χ3v) is 6.07. The molecule has 6 N–H and O–H groups in total. The summed E-state index contributed by atoms with van der Waals surface area (Å²) in [5.41, 5.74) is 8.56. The van der Waals surface area contributed by atoms with E-state index in [9.17, 15) is 19.5 Å². The van der Waals surface area contributed by atoms with Crippen LogP contribution in [0.1, 0.15) is 16.7 Å². The lowest BCUT2D eigenvalue weighted by atomic mass is 9.97. The van der Waals surface area contributed by atoms with Gasteiger partial charge in [0.25, 0.3) is 11.8 Å². The fourth-order valence-corrected chi connectivity index (χ4v) is 4.17. The third-order valence-electron chi connectivity index (χ3n) is 6.07. The molecule has 1 unspecified atom stereocenters. The summed E-state index contributed by atoms with van der Waals surface area (Å²) in [5.74, 6) is -1.58. The number of hydrogen-bond donors (Lipinski definition) is 5. The largest absolute Gasteiger partial charge is 0.395 e. The number of carbonyl (C=O) groups is 3. The Morgan fingerprint density at radius 3 is 2.63 bits per heavy atom. The van der Waals surface area contributed by atoms with E-state index in [0.29, 0.717) is 23.5 Å². The number of amides is 3. The van der Waals surface area contributed by atoms with Crippen molar-refractivity contribution in [3.05, 3.63) is 59.2 Å². The van der Waals surface area contributed by atoms with Crippen LogP contribution in [-0.4, -0.2) is 77.2 Å². The van der Waals surface area contributed by atoms with Crippen molar-refractivity contribution < 1.29 is 29.3 Å². The van der Waals surface area contributed by atoms with Gasteiger partial charge in [-0.25, -0.2) is 0 Å². The van der Waals surface area contributed by atoms with Gasteiger partial charge in [0.05, 0.1) is 19.6 Å². The van der Waals surface area contributed by atoms with Crippen molar-refractivity contribution in [2.24, 2.45) is 5.73 Å². The van der Waals surface area contributed by atoms with Crippen LogP contribution in [-0.2, 0) is 32.1 Å². The number of nitrogens with one attached hydrogen (secondary N) is 2. The predicted octanol–water partition coefficient (Wildman–Crippen LogP) is -0.421. The Hall–Kier alpha value is -3.80. The Bertz CT molecular complexity index is 1150. The lowest BCUT2D eigenvalue weighted by molar-refractivity contribution is -0.150. The molecule has 3 amide bonds. The second-order valence-corrected chi connectivity index (χ2v) is 8.38. The van der Waals surface area contributed by atoms with Crippen LogP contribution >= 0.6 is 0 Å². The summed E-state index contributed by atoms with van der Waals surface area (Å²) in [7, 11) is 0. The first-order valence-electron chi connectivity index (χ1n) is 11.2. The van der Waals surface area contributed by atoms with E-state index in [4.69, 9.17) is 21.0 Å². The second-order valence-electron chi connectivity index (χ2n) is 8.38. The molecule has 2 heterocycles. The maximum atomic E-state index is 13.1. The summed E-state index contributed by atoms with van der Waals surface area (Å²) in [6, 6.07) is 11.5. The van der Waals surface area contributed by atoms with E-state index in [-0.39, 0.29) is 44.5 Å². The minimum Gasteiger partial charge on any atom is -0.395 e. The zero-order valence-electron chi connectivity index (χ0n) is 18.9. The number of β-amino-alcohol motifs (C(OH)–C–C–N with tert-alkyl or cyclic N) is 1. The maximum absolute atomic E-state index is 13.1. The number of nitrogen functional groups attached to an aromatic ring is 1. The van der Waals surface area contributed by atoms with Gasteiger partial charge in [-0.1, -0.05) is 6.07 Å². The molecule has 2 atom stereocenters. The Morgan fingerprint density at radius 2 is 1.94 bits per heavy atom. The molecule has 11 nitrogen and oxygen atoms in total. The van der Waals surface area contributed by atoms with Crippen molar-refractivity contribution in [1.29, 1.82) is 5.41 Å². The summed E-state index contributed by atoms with van der Waals surface area (Å²) in [4.78, 5) is 41.1. The van der Waals surface area contributed by atoms with E-state index in [0.717, 1.165) is 11.1 Å². The minimum atomic E-state index is -1.75. The average Bonchev–Trinajstić information content (AvgIpc) is 2.84.